The Morgan fingerprint density at radius 3 is 2.25 bits per heavy atom. The van der Waals surface area contributed by atoms with E-state index < -0.39 is 42.9 Å². The third-order valence-electron chi connectivity index (χ3n) is 3.78. The first kappa shape index (κ1) is 29.7. The average Bonchev–Trinajstić information content (AvgIpc) is 2.94. The van der Waals surface area contributed by atoms with Crippen LogP contribution in [0.1, 0.15) is 5.69 Å². The van der Waals surface area contributed by atoms with Gasteiger partial charge in [-0.05, 0) is 19.1 Å². The van der Waals surface area contributed by atoms with E-state index in [1.165, 1.54) is 11.6 Å². The van der Waals surface area contributed by atoms with Crippen molar-refractivity contribution in [3.8, 4) is 17.3 Å². The van der Waals surface area contributed by atoms with E-state index in [9.17, 15) is 33.3 Å². The van der Waals surface area contributed by atoms with Gasteiger partial charge in [-0.1, -0.05) is 18.2 Å². The van der Waals surface area contributed by atoms with Crippen LogP contribution in [0.4, 0.5) is 17.1 Å². The number of non-ortho nitro benzene ring substituents is 1. The van der Waals surface area contributed by atoms with Gasteiger partial charge in [0.2, 0.25) is 5.88 Å². The second-order valence-corrected chi connectivity index (χ2v) is 7.08. The molecule has 0 unspecified atom stereocenters. The van der Waals surface area contributed by atoms with E-state index in [0.29, 0.717) is 11.8 Å². The number of rotatable bonds is 5. The van der Waals surface area contributed by atoms with E-state index in [1.54, 1.807) is 30.3 Å². The molecule has 13 nitrogen and oxygen atoms in total. The van der Waals surface area contributed by atoms with Crippen LogP contribution in [0.5, 0.6) is 11.6 Å². The van der Waals surface area contributed by atoms with E-state index in [2.05, 4.69) is 15.3 Å². The number of nitrogens with zero attached hydrogens (tertiary/aromatic N) is 5. The van der Waals surface area contributed by atoms with Gasteiger partial charge in [-0.25, -0.2) is 8.42 Å². The number of phenolic OH excluding ortho intramolecular Hbond substituents is 1. The minimum atomic E-state index is -5.22. The van der Waals surface area contributed by atoms with Crippen LogP contribution in [0.2, 0.25) is 0 Å². The number of aromatic hydroxyl groups is 2. The van der Waals surface area contributed by atoms with Crippen LogP contribution in [-0.4, -0.2) is 43.4 Å². The molecular formula is C16H14CrN5NaO8S. The minimum Gasteiger partial charge on any atom is -0.744 e. The second-order valence-electron chi connectivity index (χ2n) is 5.73. The molecule has 0 saturated heterocycles. The Balaban J connectivity index is 0.00000320. The van der Waals surface area contributed by atoms with Gasteiger partial charge in [0, 0.05) is 29.5 Å². The number of nitro groups is 1. The summed E-state index contributed by atoms with van der Waals surface area (Å²) in [5.41, 5.74) is -0.789. The van der Waals surface area contributed by atoms with Crippen molar-refractivity contribution in [2.75, 3.05) is 0 Å². The molecule has 1 aromatic heterocycles. The summed E-state index contributed by atoms with van der Waals surface area (Å²) in [4.78, 5) is 8.83. The van der Waals surface area contributed by atoms with Crippen molar-refractivity contribution in [3.63, 3.8) is 0 Å². The van der Waals surface area contributed by atoms with Crippen molar-refractivity contribution in [2.24, 2.45) is 10.2 Å². The molecule has 2 aromatic carbocycles. The molecule has 0 bridgehead atoms. The zero-order chi connectivity index (χ0) is 21.3. The van der Waals surface area contributed by atoms with E-state index >= 15 is 0 Å². The summed E-state index contributed by atoms with van der Waals surface area (Å²) in [6, 6.07) is 9.71. The SMILES string of the molecule is Cc1nn(-c2ccccc2)c(O)c1N=Nc1cc([N+](=O)[O-])cc(S(=O)(=O)[O-])c1O.O.[Cr].[Na+]. The molecule has 164 valence electrons. The van der Waals surface area contributed by atoms with Gasteiger partial charge < -0.3 is 20.2 Å². The maximum atomic E-state index is 11.3. The molecule has 0 radical (unpaired) electrons. The van der Waals surface area contributed by atoms with Crippen molar-refractivity contribution < 1.29 is 80.5 Å². The normalized spacial score (nSPS) is 10.7. The maximum Gasteiger partial charge on any atom is 1.00 e. The molecule has 0 fully saturated rings. The molecule has 0 aliphatic rings. The average molecular weight is 511 g/mol. The Morgan fingerprint density at radius 1 is 1.12 bits per heavy atom. The summed E-state index contributed by atoms with van der Waals surface area (Å²) in [6.45, 7) is 1.51. The van der Waals surface area contributed by atoms with Gasteiger partial charge in [-0.2, -0.15) is 9.78 Å². The van der Waals surface area contributed by atoms with Gasteiger partial charge in [0.1, 0.15) is 20.7 Å². The summed E-state index contributed by atoms with van der Waals surface area (Å²) in [5, 5.41) is 42.8. The number of benzene rings is 2. The number of aromatic nitrogens is 2. The Morgan fingerprint density at radius 2 is 1.72 bits per heavy atom. The molecule has 0 aliphatic carbocycles. The molecule has 0 aliphatic heterocycles. The summed E-state index contributed by atoms with van der Waals surface area (Å²) < 4.78 is 35.0. The van der Waals surface area contributed by atoms with E-state index in [1.807, 2.05) is 0 Å². The Kier molecular flexibility index (Phi) is 10.7. The predicted octanol–water partition coefficient (Wildman–Crippen LogP) is -1.00. The minimum absolute atomic E-state index is 0. The Labute approximate surface area is 214 Å². The molecule has 3 rings (SSSR count). The van der Waals surface area contributed by atoms with Crippen LogP contribution in [0, 0.1) is 17.0 Å². The zero-order valence-corrected chi connectivity index (χ0v) is 20.6. The summed E-state index contributed by atoms with van der Waals surface area (Å²) in [5.74, 6) is -1.50. The van der Waals surface area contributed by atoms with Gasteiger partial charge in [-0.15, -0.1) is 10.2 Å². The van der Waals surface area contributed by atoms with Crippen LogP contribution in [0.3, 0.4) is 0 Å². The standard InChI is InChI=1S/C16H13N5O7S.Cr.Na.H2O/c1-9-14(16(23)20(19-9)10-5-3-2-4-6-10)18-17-12-7-11(21(24)25)8-13(15(12)22)29(26,27)28;;;/h2-8,22-23H,1H3,(H,26,27,28);;;1H2/q;;+1;/p-1. The molecule has 0 amide bonds. The number of hydrogen-bond donors (Lipinski definition) is 2. The largest absolute Gasteiger partial charge is 1.00 e. The molecule has 1 heterocycles. The number of para-hydroxylation sites is 1. The predicted molar refractivity (Wildman–Crippen MR) is 100 cm³/mol. The first-order chi connectivity index (χ1) is 13.6. The Bertz CT molecular complexity index is 1250. The van der Waals surface area contributed by atoms with Crippen molar-refractivity contribution in [2.45, 2.75) is 11.8 Å². The Hall–Kier alpha value is -2.35. The van der Waals surface area contributed by atoms with Crippen molar-refractivity contribution in [1.82, 2.24) is 9.78 Å². The van der Waals surface area contributed by atoms with E-state index in [-0.39, 0.29) is 63.8 Å². The molecule has 0 atom stereocenters. The van der Waals surface area contributed by atoms with E-state index in [0.717, 1.165) is 6.07 Å². The van der Waals surface area contributed by atoms with Crippen molar-refractivity contribution >= 4 is 27.2 Å². The van der Waals surface area contributed by atoms with E-state index in [4.69, 9.17) is 0 Å². The quantitative estimate of drug-likeness (QED) is 0.142. The first-order valence-electron chi connectivity index (χ1n) is 7.82. The molecule has 0 spiro atoms. The van der Waals surface area contributed by atoms with Crippen LogP contribution >= 0.6 is 0 Å². The summed E-state index contributed by atoms with van der Waals surface area (Å²) >= 11 is 0. The zero-order valence-electron chi connectivity index (χ0n) is 16.5. The monoisotopic (exact) mass is 511 g/mol. The number of nitro benzene ring substituents is 1. The smallest absolute Gasteiger partial charge is 0.744 e. The fourth-order valence-corrected chi connectivity index (χ4v) is 3.03. The van der Waals surface area contributed by atoms with Crippen LogP contribution in [0.15, 0.2) is 57.6 Å². The maximum absolute atomic E-state index is 11.3. The van der Waals surface area contributed by atoms with Gasteiger partial charge in [0.15, 0.2) is 11.4 Å². The van der Waals surface area contributed by atoms with Gasteiger partial charge in [0.05, 0.1) is 16.3 Å². The molecule has 32 heavy (non-hydrogen) atoms. The molecule has 16 heteroatoms. The number of aryl methyl sites for hydroxylation is 1. The molecular weight excluding hydrogens is 497 g/mol. The number of phenols is 1. The summed E-state index contributed by atoms with van der Waals surface area (Å²) in [7, 11) is -5.22. The summed E-state index contributed by atoms with van der Waals surface area (Å²) in [6.07, 6.45) is 0. The van der Waals surface area contributed by atoms with Crippen LogP contribution in [0.25, 0.3) is 5.69 Å². The third kappa shape index (κ3) is 6.12. The molecule has 0 saturated carbocycles. The van der Waals surface area contributed by atoms with Crippen molar-refractivity contribution in [3.05, 3.63) is 58.3 Å². The fourth-order valence-electron chi connectivity index (χ4n) is 2.43. The number of azo groups is 1. The van der Waals surface area contributed by atoms with Crippen LogP contribution < -0.4 is 29.6 Å². The second kappa shape index (κ2) is 11.5. The number of hydrogen-bond acceptors (Lipinski definition) is 10. The van der Waals surface area contributed by atoms with Crippen molar-refractivity contribution in [1.29, 1.82) is 0 Å². The topological polar surface area (TPSA) is 215 Å². The van der Waals surface area contributed by atoms with Gasteiger partial charge >= 0.3 is 29.6 Å². The fraction of sp³-hybridized carbons (Fsp3) is 0.0625. The first-order valence-corrected chi connectivity index (χ1v) is 9.23. The van der Waals surface area contributed by atoms with Gasteiger partial charge in [0.25, 0.3) is 5.69 Å². The third-order valence-corrected chi connectivity index (χ3v) is 4.63. The van der Waals surface area contributed by atoms with Crippen LogP contribution in [-0.2, 0) is 27.5 Å². The van der Waals surface area contributed by atoms with Gasteiger partial charge in [-0.3, -0.25) is 10.1 Å². The molecule has 4 N–H and O–H groups in total. The molecule has 3 aromatic rings.